The van der Waals surface area contributed by atoms with Crippen LogP contribution in [0.4, 0.5) is 5.82 Å². The molecule has 0 amide bonds. The molecule has 0 aliphatic heterocycles. The fourth-order valence-corrected chi connectivity index (χ4v) is 1.78. The van der Waals surface area contributed by atoms with Gasteiger partial charge in [0.2, 0.25) is 5.88 Å². The van der Waals surface area contributed by atoms with Crippen molar-refractivity contribution in [3.63, 3.8) is 0 Å². The zero-order chi connectivity index (χ0) is 14.2. The molecular weight excluding hydrogens is 256 g/mol. The molecule has 0 saturated carbocycles. The second-order valence-electron chi connectivity index (χ2n) is 4.01. The van der Waals surface area contributed by atoms with E-state index in [0.29, 0.717) is 24.9 Å². The number of hydrogen-bond donors (Lipinski definition) is 2. The Morgan fingerprint density at radius 3 is 2.55 bits per heavy atom. The van der Waals surface area contributed by atoms with Crippen LogP contribution in [0.15, 0.2) is 36.7 Å². The predicted molar refractivity (Wildman–Crippen MR) is 76.7 cm³/mol. The van der Waals surface area contributed by atoms with Crippen molar-refractivity contribution in [3.8, 4) is 11.6 Å². The number of rotatable bonds is 7. The van der Waals surface area contributed by atoms with E-state index in [2.05, 4.69) is 15.4 Å². The van der Waals surface area contributed by atoms with Gasteiger partial charge in [-0.15, -0.1) is 0 Å². The Morgan fingerprint density at radius 2 is 1.85 bits per heavy atom. The van der Waals surface area contributed by atoms with Gasteiger partial charge < -0.3 is 14.9 Å². The molecule has 6 heteroatoms. The number of nitrogens with zero attached hydrogens (tertiary/aromatic N) is 2. The van der Waals surface area contributed by atoms with Crippen molar-refractivity contribution in [3.05, 3.63) is 42.2 Å². The molecule has 1 aromatic heterocycles. The van der Waals surface area contributed by atoms with Gasteiger partial charge in [-0.25, -0.2) is 15.8 Å². The van der Waals surface area contributed by atoms with Crippen molar-refractivity contribution in [2.75, 3.05) is 18.6 Å². The molecule has 20 heavy (non-hydrogen) atoms. The van der Waals surface area contributed by atoms with Crippen LogP contribution in [0.3, 0.4) is 0 Å². The number of nitrogens with one attached hydrogen (secondary N) is 1. The summed E-state index contributed by atoms with van der Waals surface area (Å²) in [6.07, 6.45) is 2.15. The fraction of sp³-hybridized carbons (Fsp3) is 0.286. The number of hydrazine groups is 1. The molecule has 0 saturated heterocycles. The van der Waals surface area contributed by atoms with E-state index in [9.17, 15) is 0 Å². The predicted octanol–water partition coefficient (Wildman–Crippen LogP) is 1.78. The molecular formula is C14H18N4O2. The van der Waals surface area contributed by atoms with Crippen LogP contribution in [0.25, 0.3) is 0 Å². The molecule has 0 spiro atoms. The number of aromatic nitrogens is 2. The quantitative estimate of drug-likeness (QED) is 0.455. The lowest BCUT2D eigenvalue weighted by atomic mass is 10.2. The summed E-state index contributed by atoms with van der Waals surface area (Å²) in [4.78, 5) is 8.16. The van der Waals surface area contributed by atoms with E-state index in [4.69, 9.17) is 15.3 Å². The normalized spacial score (nSPS) is 10.1. The number of hydrogen-bond acceptors (Lipinski definition) is 6. The van der Waals surface area contributed by atoms with Gasteiger partial charge in [-0.05, 0) is 18.6 Å². The van der Waals surface area contributed by atoms with Crippen molar-refractivity contribution in [2.24, 2.45) is 5.84 Å². The highest BCUT2D eigenvalue weighted by molar-refractivity contribution is 5.47. The van der Waals surface area contributed by atoms with Crippen molar-refractivity contribution in [1.82, 2.24) is 9.97 Å². The van der Waals surface area contributed by atoms with Gasteiger partial charge in [-0.2, -0.15) is 0 Å². The number of ether oxygens (including phenoxy) is 2. The largest absolute Gasteiger partial charge is 0.490 e. The number of para-hydroxylation sites is 1. The molecule has 0 atom stereocenters. The van der Waals surface area contributed by atoms with Crippen LogP contribution in [0.2, 0.25) is 0 Å². The van der Waals surface area contributed by atoms with Crippen LogP contribution in [-0.2, 0) is 6.42 Å². The van der Waals surface area contributed by atoms with Gasteiger partial charge in [-0.3, -0.25) is 0 Å². The van der Waals surface area contributed by atoms with Crippen LogP contribution in [0.1, 0.15) is 12.5 Å². The van der Waals surface area contributed by atoms with Gasteiger partial charge >= 0.3 is 0 Å². The van der Waals surface area contributed by atoms with Crippen molar-refractivity contribution < 1.29 is 9.47 Å². The molecule has 6 nitrogen and oxygen atoms in total. The fourth-order valence-electron chi connectivity index (χ4n) is 1.78. The van der Waals surface area contributed by atoms with E-state index in [0.717, 1.165) is 17.7 Å². The van der Waals surface area contributed by atoms with Crippen LogP contribution in [0.5, 0.6) is 11.6 Å². The molecule has 1 aromatic carbocycles. The standard InChI is InChI=1S/C14H18N4O2/c1-2-12-13(18-15)16-10-17-14(12)20-9-8-19-11-6-4-3-5-7-11/h3-7,10H,2,8-9,15H2,1H3,(H,16,17,18). The third-order valence-corrected chi connectivity index (χ3v) is 2.73. The molecule has 0 aliphatic carbocycles. The molecule has 2 aromatic rings. The molecule has 0 bridgehead atoms. The third kappa shape index (κ3) is 3.58. The Balaban J connectivity index is 1.88. The smallest absolute Gasteiger partial charge is 0.221 e. The van der Waals surface area contributed by atoms with Gasteiger partial charge in [0.05, 0.1) is 5.56 Å². The Hall–Kier alpha value is -2.34. The first-order valence-electron chi connectivity index (χ1n) is 6.46. The van der Waals surface area contributed by atoms with Gasteiger partial charge in [0, 0.05) is 0 Å². The van der Waals surface area contributed by atoms with E-state index in [1.165, 1.54) is 6.33 Å². The topological polar surface area (TPSA) is 82.3 Å². The van der Waals surface area contributed by atoms with Gasteiger partial charge in [-0.1, -0.05) is 25.1 Å². The zero-order valence-corrected chi connectivity index (χ0v) is 11.4. The second kappa shape index (κ2) is 7.30. The molecule has 1 heterocycles. The first-order valence-corrected chi connectivity index (χ1v) is 6.46. The first-order chi connectivity index (χ1) is 9.85. The number of nitrogens with two attached hydrogens (primary N) is 1. The van der Waals surface area contributed by atoms with Crippen LogP contribution >= 0.6 is 0 Å². The van der Waals surface area contributed by atoms with E-state index in [1.54, 1.807) is 0 Å². The summed E-state index contributed by atoms with van der Waals surface area (Å²) >= 11 is 0. The Kier molecular flexibility index (Phi) is 5.14. The van der Waals surface area contributed by atoms with Crippen LogP contribution in [-0.4, -0.2) is 23.2 Å². The molecule has 3 N–H and O–H groups in total. The molecule has 106 valence electrons. The minimum absolute atomic E-state index is 0.406. The molecule has 0 unspecified atom stereocenters. The average Bonchev–Trinajstić information content (AvgIpc) is 2.52. The summed E-state index contributed by atoms with van der Waals surface area (Å²) in [6, 6.07) is 9.60. The first kappa shape index (κ1) is 14.1. The maximum Gasteiger partial charge on any atom is 0.221 e. The molecule has 0 aliphatic rings. The van der Waals surface area contributed by atoms with Crippen molar-refractivity contribution in [2.45, 2.75) is 13.3 Å². The minimum atomic E-state index is 0.406. The van der Waals surface area contributed by atoms with Gasteiger partial charge in [0.25, 0.3) is 0 Å². The zero-order valence-electron chi connectivity index (χ0n) is 11.4. The monoisotopic (exact) mass is 274 g/mol. The molecule has 2 rings (SSSR count). The van der Waals surface area contributed by atoms with E-state index in [-0.39, 0.29) is 0 Å². The van der Waals surface area contributed by atoms with Crippen LogP contribution in [0, 0.1) is 0 Å². The van der Waals surface area contributed by atoms with Gasteiger partial charge in [0.15, 0.2) is 0 Å². The molecule has 0 radical (unpaired) electrons. The summed E-state index contributed by atoms with van der Waals surface area (Å²) in [6.45, 7) is 2.85. The summed E-state index contributed by atoms with van der Waals surface area (Å²) in [5, 5.41) is 0. The van der Waals surface area contributed by atoms with Crippen LogP contribution < -0.4 is 20.7 Å². The lowest BCUT2D eigenvalue weighted by molar-refractivity contribution is 0.210. The van der Waals surface area contributed by atoms with Crippen molar-refractivity contribution >= 4 is 5.82 Å². The maximum absolute atomic E-state index is 5.62. The number of anilines is 1. The number of benzene rings is 1. The average molecular weight is 274 g/mol. The highest BCUT2D eigenvalue weighted by atomic mass is 16.5. The third-order valence-electron chi connectivity index (χ3n) is 2.73. The van der Waals surface area contributed by atoms with E-state index < -0.39 is 0 Å². The minimum Gasteiger partial charge on any atom is -0.490 e. The Labute approximate surface area is 117 Å². The summed E-state index contributed by atoms with van der Waals surface area (Å²) < 4.78 is 11.2. The van der Waals surface area contributed by atoms with E-state index >= 15 is 0 Å². The lowest BCUT2D eigenvalue weighted by Gasteiger charge is -2.12. The SMILES string of the molecule is CCc1c(NN)ncnc1OCCOc1ccccc1. The summed E-state index contributed by atoms with van der Waals surface area (Å²) in [7, 11) is 0. The number of nitrogen functional groups attached to an aromatic ring is 1. The highest BCUT2D eigenvalue weighted by Crippen LogP contribution is 2.21. The Morgan fingerprint density at radius 1 is 1.10 bits per heavy atom. The lowest BCUT2D eigenvalue weighted by Crippen LogP contribution is -2.15. The second-order valence-corrected chi connectivity index (χ2v) is 4.01. The molecule has 0 fully saturated rings. The van der Waals surface area contributed by atoms with Gasteiger partial charge in [0.1, 0.15) is 31.1 Å². The maximum atomic E-state index is 5.62. The Bertz CT molecular complexity index is 534. The summed E-state index contributed by atoms with van der Waals surface area (Å²) in [5.41, 5.74) is 3.40. The van der Waals surface area contributed by atoms with E-state index in [1.807, 2.05) is 37.3 Å². The summed E-state index contributed by atoms with van der Waals surface area (Å²) in [5.74, 6) is 7.34. The highest BCUT2D eigenvalue weighted by Gasteiger charge is 2.09. The van der Waals surface area contributed by atoms with Crippen molar-refractivity contribution in [1.29, 1.82) is 0 Å².